The number of imide groups is 2. The van der Waals surface area contributed by atoms with Crippen LogP contribution >= 0.6 is 0 Å². The van der Waals surface area contributed by atoms with Crippen LogP contribution in [0.15, 0.2) is 18.2 Å². The molecule has 0 radical (unpaired) electrons. The smallest absolute Gasteiger partial charge is 0.262 e. The van der Waals surface area contributed by atoms with Gasteiger partial charge in [0, 0.05) is 26.1 Å². The maximum absolute atomic E-state index is 13.1. The molecule has 1 atom stereocenters. The van der Waals surface area contributed by atoms with Gasteiger partial charge in [-0.2, -0.15) is 0 Å². The van der Waals surface area contributed by atoms with Crippen molar-refractivity contribution in [3.05, 3.63) is 34.9 Å². The number of nitrogens with one attached hydrogen (secondary N) is 2. The molecule has 8 heteroatoms. The van der Waals surface area contributed by atoms with E-state index in [0.717, 1.165) is 36.6 Å². The van der Waals surface area contributed by atoms with Gasteiger partial charge in [-0.25, -0.2) is 0 Å². The van der Waals surface area contributed by atoms with Crippen LogP contribution in [0.4, 0.5) is 0 Å². The lowest BCUT2D eigenvalue weighted by Crippen LogP contribution is -2.54. The Balaban J connectivity index is 1.83. The molecular formula is C20H26N4O4. The molecule has 28 heavy (non-hydrogen) atoms. The van der Waals surface area contributed by atoms with E-state index < -0.39 is 23.8 Å². The summed E-state index contributed by atoms with van der Waals surface area (Å²) in [6.07, 6.45) is 0.278. The van der Waals surface area contributed by atoms with Crippen LogP contribution in [0, 0.1) is 0 Å². The summed E-state index contributed by atoms with van der Waals surface area (Å²) in [5.41, 5.74) is 1.48. The van der Waals surface area contributed by atoms with Crippen LogP contribution in [0.5, 0.6) is 0 Å². The molecule has 1 fully saturated rings. The van der Waals surface area contributed by atoms with E-state index in [9.17, 15) is 19.2 Å². The zero-order valence-electron chi connectivity index (χ0n) is 16.3. The predicted molar refractivity (Wildman–Crippen MR) is 103 cm³/mol. The number of nitrogens with zero attached hydrogens (tertiary/aromatic N) is 2. The largest absolute Gasteiger partial charge is 0.316 e. The standard InChI is InChI=1S/C20H26N4O4/c1-3-21-10-11-23(4-2)12-13-6-5-7-14-17(13)20(28)24(19(14)27)15-8-9-16(25)22-18(15)26/h5-7,15,21H,3-4,8-12H2,1-2H3,(H,22,25,26). The molecule has 150 valence electrons. The lowest BCUT2D eigenvalue weighted by molar-refractivity contribution is -0.136. The molecule has 8 nitrogen and oxygen atoms in total. The number of piperidine rings is 1. The minimum atomic E-state index is -0.936. The fourth-order valence-corrected chi connectivity index (χ4v) is 3.72. The Hall–Kier alpha value is -2.58. The molecule has 2 heterocycles. The van der Waals surface area contributed by atoms with Crippen molar-refractivity contribution in [3.8, 4) is 0 Å². The Morgan fingerprint density at radius 1 is 1.18 bits per heavy atom. The average Bonchev–Trinajstić information content (AvgIpc) is 2.93. The molecule has 2 N–H and O–H groups in total. The number of likely N-dealkylation sites (N-methyl/N-ethyl adjacent to an activating group) is 2. The summed E-state index contributed by atoms with van der Waals surface area (Å²) in [7, 11) is 0. The van der Waals surface area contributed by atoms with Crippen molar-refractivity contribution >= 4 is 23.6 Å². The van der Waals surface area contributed by atoms with E-state index in [2.05, 4.69) is 22.5 Å². The lowest BCUT2D eigenvalue weighted by Gasteiger charge is -2.28. The summed E-state index contributed by atoms with van der Waals surface area (Å²) in [4.78, 5) is 52.8. The quantitative estimate of drug-likeness (QED) is 0.499. The number of fused-ring (bicyclic) bond motifs is 1. The Labute approximate surface area is 164 Å². The molecule has 1 saturated heterocycles. The normalized spacial score (nSPS) is 19.4. The molecule has 0 aliphatic carbocycles. The van der Waals surface area contributed by atoms with Crippen LogP contribution < -0.4 is 10.6 Å². The minimum absolute atomic E-state index is 0.116. The molecule has 1 aromatic carbocycles. The molecule has 0 aromatic heterocycles. The molecule has 4 amide bonds. The highest BCUT2D eigenvalue weighted by molar-refractivity contribution is 6.24. The van der Waals surface area contributed by atoms with Crippen molar-refractivity contribution in [2.45, 2.75) is 39.3 Å². The lowest BCUT2D eigenvalue weighted by atomic mass is 10.0. The van der Waals surface area contributed by atoms with Gasteiger partial charge >= 0.3 is 0 Å². The third kappa shape index (κ3) is 3.83. The number of hydrogen-bond donors (Lipinski definition) is 2. The molecule has 2 aliphatic rings. The van der Waals surface area contributed by atoms with Gasteiger partial charge in [-0.15, -0.1) is 0 Å². The number of carbonyl (C=O) groups excluding carboxylic acids is 4. The van der Waals surface area contributed by atoms with E-state index in [0.29, 0.717) is 17.7 Å². The summed E-state index contributed by atoms with van der Waals surface area (Å²) in [6.45, 7) is 8.03. The highest BCUT2D eigenvalue weighted by Crippen LogP contribution is 2.30. The highest BCUT2D eigenvalue weighted by Gasteiger charge is 2.45. The van der Waals surface area contributed by atoms with Crippen molar-refractivity contribution in [1.82, 2.24) is 20.4 Å². The van der Waals surface area contributed by atoms with E-state index in [4.69, 9.17) is 0 Å². The fourth-order valence-electron chi connectivity index (χ4n) is 3.72. The summed E-state index contributed by atoms with van der Waals surface area (Å²) in [5, 5.41) is 5.50. The summed E-state index contributed by atoms with van der Waals surface area (Å²) in [5.74, 6) is -1.88. The first-order valence-electron chi connectivity index (χ1n) is 9.74. The van der Waals surface area contributed by atoms with Gasteiger partial charge in [-0.05, 0) is 31.1 Å². The van der Waals surface area contributed by atoms with E-state index in [1.165, 1.54) is 0 Å². The number of carbonyl (C=O) groups is 4. The zero-order chi connectivity index (χ0) is 20.3. The summed E-state index contributed by atoms with van der Waals surface area (Å²) < 4.78 is 0. The maximum Gasteiger partial charge on any atom is 0.262 e. The number of benzene rings is 1. The number of hydrogen-bond acceptors (Lipinski definition) is 6. The van der Waals surface area contributed by atoms with Crippen molar-refractivity contribution in [2.75, 3.05) is 26.2 Å². The van der Waals surface area contributed by atoms with Crippen LogP contribution in [0.2, 0.25) is 0 Å². The van der Waals surface area contributed by atoms with Crippen LogP contribution in [0.25, 0.3) is 0 Å². The fraction of sp³-hybridized carbons (Fsp3) is 0.500. The van der Waals surface area contributed by atoms with Gasteiger partial charge in [-0.1, -0.05) is 26.0 Å². The zero-order valence-corrected chi connectivity index (χ0v) is 16.3. The first-order chi connectivity index (χ1) is 13.5. The van der Waals surface area contributed by atoms with Crippen LogP contribution in [0.1, 0.15) is 53.0 Å². The SMILES string of the molecule is CCNCCN(CC)Cc1cccc2c1C(=O)N(C1CCC(=O)NC1=O)C2=O. The molecule has 1 aromatic rings. The van der Waals surface area contributed by atoms with Crippen LogP contribution in [-0.2, 0) is 16.1 Å². The second kappa shape index (κ2) is 8.62. The first-order valence-corrected chi connectivity index (χ1v) is 9.74. The molecule has 0 saturated carbocycles. The van der Waals surface area contributed by atoms with Crippen molar-refractivity contribution in [1.29, 1.82) is 0 Å². The molecule has 2 aliphatic heterocycles. The molecule has 0 spiro atoms. The third-order valence-corrected chi connectivity index (χ3v) is 5.25. The number of amides is 4. The van der Waals surface area contributed by atoms with E-state index in [-0.39, 0.29) is 18.7 Å². The van der Waals surface area contributed by atoms with Gasteiger partial charge in [0.15, 0.2) is 0 Å². The van der Waals surface area contributed by atoms with Gasteiger partial charge in [-0.3, -0.25) is 34.3 Å². The maximum atomic E-state index is 13.1. The predicted octanol–water partition coefficient (Wildman–Crippen LogP) is 0.519. The molecule has 3 rings (SSSR count). The van der Waals surface area contributed by atoms with Crippen LogP contribution in [-0.4, -0.2) is 65.6 Å². The topological polar surface area (TPSA) is 98.8 Å². The highest BCUT2D eigenvalue weighted by atomic mass is 16.2. The first kappa shape index (κ1) is 20.2. The van der Waals surface area contributed by atoms with Gasteiger partial charge in [0.05, 0.1) is 11.1 Å². The van der Waals surface area contributed by atoms with E-state index >= 15 is 0 Å². The third-order valence-electron chi connectivity index (χ3n) is 5.25. The Kier molecular flexibility index (Phi) is 6.21. The Morgan fingerprint density at radius 2 is 1.96 bits per heavy atom. The molecule has 1 unspecified atom stereocenters. The molecule has 0 bridgehead atoms. The Bertz CT molecular complexity index is 807. The number of rotatable bonds is 8. The van der Waals surface area contributed by atoms with Gasteiger partial charge in [0.1, 0.15) is 6.04 Å². The monoisotopic (exact) mass is 386 g/mol. The van der Waals surface area contributed by atoms with Crippen LogP contribution in [0.3, 0.4) is 0 Å². The van der Waals surface area contributed by atoms with Gasteiger partial charge < -0.3 is 5.32 Å². The van der Waals surface area contributed by atoms with Gasteiger partial charge in [0.2, 0.25) is 11.8 Å². The average molecular weight is 386 g/mol. The molecular weight excluding hydrogens is 360 g/mol. The van der Waals surface area contributed by atoms with E-state index in [1.807, 2.05) is 13.0 Å². The van der Waals surface area contributed by atoms with Crippen molar-refractivity contribution in [3.63, 3.8) is 0 Å². The summed E-state index contributed by atoms with van der Waals surface area (Å²) >= 11 is 0. The minimum Gasteiger partial charge on any atom is -0.316 e. The summed E-state index contributed by atoms with van der Waals surface area (Å²) in [6, 6.07) is 4.31. The van der Waals surface area contributed by atoms with Crippen molar-refractivity contribution in [2.24, 2.45) is 0 Å². The van der Waals surface area contributed by atoms with E-state index in [1.54, 1.807) is 12.1 Å². The second-order valence-electron chi connectivity index (χ2n) is 7.01. The Morgan fingerprint density at radius 3 is 2.64 bits per heavy atom. The van der Waals surface area contributed by atoms with Gasteiger partial charge in [0.25, 0.3) is 11.8 Å². The van der Waals surface area contributed by atoms with Crippen molar-refractivity contribution < 1.29 is 19.2 Å². The second-order valence-corrected chi connectivity index (χ2v) is 7.01.